The van der Waals surface area contributed by atoms with Crippen molar-refractivity contribution in [1.82, 2.24) is 10.2 Å². The predicted octanol–water partition coefficient (Wildman–Crippen LogP) is 2.83. The van der Waals surface area contributed by atoms with Gasteiger partial charge in [-0.1, -0.05) is 25.5 Å². The molecule has 0 aromatic heterocycles. The normalized spacial score (nSPS) is 16.6. The van der Waals surface area contributed by atoms with Gasteiger partial charge in [0.1, 0.15) is 0 Å². The van der Waals surface area contributed by atoms with Crippen molar-refractivity contribution in [3.63, 3.8) is 0 Å². The van der Waals surface area contributed by atoms with Crippen molar-refractivity contribution in [1.29, 1.82) is 0 Å². The number of rotatable bonds is 7. The number of hydrogen-bond donors (Lipinski definition) is 1. The Labute approximate surface area is 133 Å². The molecule has 2 rings (SSSR count). The highest BCUT2D eigenvalue weighted by molar-refractivity contribution is 5.89. The quantitative estimate of drug-likeness (QED) is 0.787. The molecule has 1 heterocycles. The Morgan fingerprint density at radius 2 is 1.95 bits per heavy atom. The maximum Gasteiger partial charge on any atom is 0.337 e. The van der Waals surface area contributed by atoms with E-state index >= 15 is 0 Å². The van der Waals surface area contributed by atoms with Gasteiger partial charge < -0.3 is 15.0 Å². The number of nitrogens with one attached hydrogen (secondary N) is 1. The standard InChI is InChI=1S/C18H28N2O2/c1-3-4-11-20-12-9-17(10-13-20)19-14-15-5-7-16(8-6-15)18(21)22-2/h5-8,17,19H,3-4,9-14H2,1-2H3. The van der Waals surface area contributed by atoms with Crippen LogP contribution in [0.1, 0.15) is 48.5 Å². The molecule has 1 aliphatic rings. The number of carbonyl (C=O) groups excluding carboxylic acids is 1. The third-order valence-electron chi connectivity index (χ3n) is 4.39. The highest BCUT2D eigenvalue weighted by atomic mass is 16.5. The maximum absolute atomic E-state index is 11.4. The van der Waals surface area contributed by atoms with E-state index in [1.807, 2.05) is 24.3 Å². The summed E-state index contributed by atoms with van der Waals surface area (Å²) in [5.74, 6) is -0.279. The number of carbonyl (C=O) groups is 1. The zero-order valence-electron chi connectivity index (χ0n) is 13.8. The molecule has 1 aromatic rings. The van der Waals surface area contributed by atoms with Crippen LogP contribution >= 0.6 is 0 Å². The average molecular weight is 304 g/mol. The van der Waals surface area contributed by atoms with Crippen molar-refractivity contribution in [2.24, 2.45) is 0 Å². The molecule has 0 saturated carbocycles. The first-order chi connectivity index (χ1) is 10.7. The van der Waals surface area contributed by atoms with Gasteiger partial charge in [0.05, 0.1) is 12.7 Å². The molecule has 22 heavy (non-hydrogen) atoms. The fourth-order valence-corrected chi connectivity index (χ4v) is 2.88. The number of benzene rings is 1. The van der Waals surface area contributed by atoms with Gasteiger partial charge in [-0.2, -0.15) is 0 Å². The van der Waals surface area contributed by atoms with Gasteiger partial charge in [0, 0.05) is 12.6 Å². The van der Waals surface area contributed by atoms with Crippen LogP contribution < -0.4 is 5.32 Å². The van der Waals surface area contributed by atoms with Crippen LogP contribution in [0.4, 0.5) is 0 Å². The van der Waals surface area contributed by atoms with Crippen molar-refractivity contribution >= 4 is 5.97 Å². The molecule has 0 amide bonds. The molecular weight excluding hydrogens is 276 g/mol. The first-order valence-electron chi connectivity index (χ1n) is 8.36. The summed E-state index contributed by atoms with van der Waals surface area (Å²) in [4.78, 5) is 14.0. The summed E-state index contributed by atoms with van der Waals surface area (Å²) in [5, 5.41) is 3.63. The van der Waals surface area contributed by atoms with E-state index in [0.29, 0.717) is 11.6 Å². The zero-order chi connectivity index (χ0) is 15.8. The minimum Gasteiger partial charge on any atom is -0.465 e. The second-order valence-corrected chi connectivity index (χ2v) is 6.04. The summed E-state index contributed by atoms with van der Waals surface area (Å²) >= 11 is 0. The summed E-state index contributed by atoms with van der Waals surface area (Å²) < 4.78 is 4.71. The summed E-state index contributed by atoms with van der Waals surface area (Å²) in [5.41, 5.74) is 1.82. The van der Waals surface area contributed by atoms with E-state index < -0.39 is 0 Å². The van der Waals surface area contributed by atoms with Gasteiger partial charge in [-0.15, -0.1) is 0 Å². The van der Waals surface area contributed by atoms with E-state index in [2.05, 4.69) is 17.1 Å². The van der Waals surface area contributed by atoms with Crippen LogP contribution in [0.15, 0.2) is 24.3 Å². The minimum atomic E-state index is -0.279. The number of piperidine rings is 1. The van der Waals surface area contributed by atoms with E-state index in [1.165, 1.54) is 58.0 Å². The van der Waals surface area contributed by atoms with E-state index in [-0.39, 0.29) is 5.97 Å². The zero-order valence-corrected chi connectivity index (χ0v) is 13.8. The fourth-order valence-electron chi connectivity index (χ4n) is 2.88. The Bertz CT molecular complexity index is 451. The highest BCUT2D eigenvalue weighted by Crippen LogP contribution is 2.12. The van der Waals surface area contributed by atoms with Crippen LogP contribution in [-0.4, -0.2) is 43.7 Å². The molecule has 1 fully saturated rings. The molecule has 0 radical (unpaired) electrons. The maximum atomic E-state index is 11.4. The number of unbranched alkanes of at least 4 members (excludes halogenated alkanes) is 1. The first kappa shape index (κ1) is 17.0. The largest absolute Gasteiger partial charge is 0.465 e. The number of methoxy groups -OCH3 is 1. The molecule has 0 aliphatic carbocycles. The fraction of sp³-hybridized carbons (Fsp3) is 0.611. The van der Waals surface area contributed by atoms with E-state index in [1.54, 1.807) is 0 Å². The molecule has 4 heteroatoms. The topological polar surface area (TPSA) is 41.6 Å². The Morgan fingerprint density at radius 1 is 1.27 bits per heavy atom. The second kappa shape index (κ2) is 8.91. The molecule has 0 atom stereocenters. The Hall–Kier alpha value is -1.39. The predicted molar refractivity (Wildman–Crippen MR) is 89.0 cm³/mol. The smallest absolute Gasteiger partial charge is 0.337 e. The lowest BCUT2D eigenvalue weighted by atomic mass is 10.0. The minimum absolute atomic E-state index is 0.279. The lowest BCUT2D eigenvalue weighted by Crippen LogP contribution is -2.42. The van der Waals surface area contributed by atoms with E-state index in [9.17, 15) is 4.79 Å². The third kappa shape index (κ3) is 5.11. The lowest BCUT2D eigenvalue weighted by Gasteiger charge is -2.32. The van der Waals surface area contributed by atoms with E-state index in [0.717, 1.165) is 6.54 Å². The van der Waals surface area contributed by atoms with Gasteiger partial charge >= 0.3 is 5.97 Å². The number of likely N-dealkylation sites (tertiary alicyclic amines) is 1. The Balaban J connectivity index is 1.71. The van der Waals surface area contributed by atoms with Crippen molar-refractivity contribution in [2.45, 2.75) is 45.2 Å². The Morgan fingerprint density at radius 3 is 2.55 bits per heavy atom. The van der Waals surface area contributed by atoms with Crippen LogP contribution in [0, 0.1) is 0 Å². The molecule has 1 N–H and O–H groups in total. The molecule has 0 spiro atoms. The van der Waals surface area contributed by atoms with Crippen LogP contribution in [0.5, 0.6) is 0 Å². The van der Waals surface area contributed by atoms with Gasteiger partial charge in [-0.3, -0.25) is 0 Å². The number of esters is 1. The summed E-state index contributed by atoms with van der Waals surface area (Å²) in [6.45, 7) is 6.77. The van der Waals surface area contributed by atoms with Gasteiger partial charge in [0.15, 0.2) is 0 Å². The molecule has 1 aliphatic heterocycles. The highest BCUT2D eigenvalue weighted by Gasteiger charge is 2.18. The summed E-state index contributed by atoms with van der Waals surface area (Å²) in [7, 11) is 1.41. The van der Waals surface area contributed by atoms with Gasteiger partial charge in [-0.25, -0.2) is 4.79 Å². The molecule has 1 saturated heterocycles. The molecular formula is C18H28N2O2. The molecule has 4 nitrogen and oxygen atoms in total. The van der Waals surface area contributed by atoms with Gasteiger partial charge in [0.25, 0.3) is 0 Å². The molecule has 0 bridgehead atoms. The number of hydrogen-bond acceptors (Lipinski definition) is 4. The molecule has 1 aromatic carbocycles. The Kier molecular flexibility index (Phi) is 6.87. The second-order valence-electron chi connectivity index (χ2n) is 6.04. The van der Waals surface area contributed by atoms with Gasteiger partial charge in [0.2, 0.25) is 0 Å². The van der Waals surface area contributed by atoms with Crippen molar-refractivity contribution in [3.8, 4) is 0 Å². The summed E-state index contributed by atoms with van der Waals surface area (Å²) in [6.07, 6.45) is 5.04. The van der Waals surface area contributed by atoms with Crippen molar-refractivity contribution in [3.05, 3.63) is 35.4 Å². The van der Waals surface area contributed by atoms with Crippen LogP contribution in [0.3, 0.4) is 0 Å². The number of nitrogens with zero attached hydrogens (tertiary/aromatic N) is 1. The van der Waals surface area contributed by atoms with E-state index in [4.69, 9.17) is 4.74 Å². The van der Waals surface area contributed by atoms with Crippen LogP contribution in [0.25, 0.3) is 0 Å². The summed E-state index contributed by atoms with van der Waals surface area (Å²) in [6, 6.07) is 8.26. The molecule has 122 valence electrons. The number of ether oxygens (including phenoxy) is 1. The van der Waals surface area contributed by atoms with Crippen LogP contribution in [0.2, 0.25) is 0 Å². The van der Waals surface area contributed by atoms with Crippen molar-refractivity contribution in [2.75, 3.05) is 26.7 Å². The third-order valence-corrected chi connectivity index (χ3v) is 4.39. The first-order valence-corrected chi connectivity index (χ1v) is 8.36. The lowest BCUT2D eigenvalue weighted by molar-refractivity contribution is 0.0600. The van der Waals surface area contributed by atoms with Crippen molar-refractivity contribution < 1.29 is 9.53 Å². The SMILES string of the molecule is CCCCN1CCC(NCc2ccc(C(=O)OC)cc2)CC1. The van der Waals surface area contributed by atoms with Gasteiger partial charge in [-0.05, 0) is 56.6 Å². The molecule has 0 unspecified atom stereocenters. The average Bonchev–Trinajstić information content (AvgIpc) is 2.58. The van der Waals surface area contributed by atoms with Crippen LogP contribution in [-0.2, 0) is 11.3 Å². The monoisotopic (exact) mass is 304 g/mol.